The van der Waals surface area contributed by atoms with Gasteiger partial charge in [0.25, 0.3) is 0 Å². The first kappa shape index (κ1) is 14.2. The van der Waals surface area contributed by atoms with Crippen molar-refractivity contribution in [3.63, 3.8) is 0 Å². The Morgan fingerprint density at radius 3 is 2.50 bits per heavy atom. The SMILES string of the molecule is COC(=O)C(C)(NCc1ccccc1)c1ccccn1. The van der Waals surface area contributed by atoms with E-state index in [2.05, 4.69) is 10.3 Å². The molecule has 0 fully saturated rings. The average Bonchev–Trinajstić information content (AvgIpc) is 2.53. The van der Waals surface area contributed by atoms with Gasteiger partial charge in [-0.05, 0) is 24.6 Å². The number of methoxy groups -OCH3 is 1. The lowest BCUT2D eigenvalue weighted by Crippen LogP contribution is -2.47. The van der Waals surface area contributed by atoms with Gasteiger partial charge in [0.15, 0.2) is 5.54 Å². The van der Waals surface area contributed by atoms with Crippen LogP contribution in [-0.4, -0.2) is 18.1 Å². The van der Waals surface area contributed by atoms with Crippen LogP contribution in [0.2, 0.25) is 0 Å². The van der Waals surface area contributed by atoms with Crippen LogP contribution in [0, 0.1) is 0 Å². The number of carbonyl (C=O) groups is 1. The van der Waals surface area contributed by atoms with Crippen molar-refractivity contribution < 1.29 is 9.53 Å². The Hall–Kier alpha value is -2.20. The topological polar surface area (TPSA) is 51.2 Å². The number of pyridine rings is 1. The molecular formula is C16H18N2O2. The van der Waals surface area contributed by atoms with Crippen LogP contribution in [0.15, 0.2) is 54.7 Å². The smallest absolute Gasteiger partial charge is 0.332 e. The van der Waals surface area contributed by atoms with Crippen LogP contribution in [0.3, 0.4) is 0 Å². The molecule has 4 nitrogen and oxygen atoms in total. The highest BCUT2D eigenvalue weighted by molar-refractivity contribution is 5.81. The lowest BCUT2D eigenvalue weighted by atomic mass is 9.96. The number of ether oxygens (including phenoxy) is 1. The predicted octanol–water partition coefficient (Wildman–Crippen LogP) is 2.26. The maximum Gasteiger partial charge on any atom is 0.332 e. The highest BCUT2D eigenvalue weighted by Gasteiger charge is 2.37. The van der Waals surface area contributed by atoms with Gasteiger partial charge in [-0.3, -0.25) is 10.3 Å². The second kappa shape index (κ2) is 6.30. The Morgan fingerprint density at radius 1 is 1.20 bits per heavy atom. The molecule has 0 amide bonds. The molecule has 0 saturated carbocycles. The number of rotatable bonds is 5. The van der Waals surface area contributed by atoms with Gasteiger partial charge in [0, 0.05) is 12.7 Å². The molecule has 0 radical (unpaired) electrons. The number of hydrogen-bond donors (Lipinski definition) is 1. The molecule has 0 bridgehead atoms. The van der Waals surface area contributed by atoms with Gasteiger partial charge in [-0.15, -0.1) is 0 Å². The molecule has 0 aliphatic heterocycles. The van der Waals surface area contributed by atoms with Gasteiger partial charge >= 0.3 is 5.97 Å². The van der Waals surface area contributed by atoms with E-state index in [4.69, 9.17) is 4.74 Å². The lowest BCUT2D eigenvalue weighted by Gasteiger charge is -2.27. The molecule has 20 heavy (non-hydrogen) atoms. The summed E-state index contributed by atoms with van der Waals surface area (Å²) in [6.07, 6.45) is 1.67. The van der Waals surface area contributed by atoms with Crippen molar-refractivity contribution in [1.82, 2.24) is 10.3 Å². The zero-order valence-corrected chi connectivity index (χ0v) is 11.7. The summed E-state index contributed by atoms with van der Waals surface area (Å²) in [6.45, 7) is 2.34. The number of hydrogen-bond acceptors (Lipinski definition) is 4. The summed E-state index contributed by atoms with van der Waals surface area (Å²) in [6, 6.07) is 15.4. The van der Waals surface area contributed by atoms with Crippen molar-refractivity contribution in [2.75, 3.05) is 7.11 Å². The summed E-state index contributed by atoms with van der Waals surface area (Å²) in [5.74, 6) is -0.355. The Bertz CT molecular complexity index is 557. The number of aromatic nitrogens is 1. The minimum Gasteiger partial charge on any atom is -0.467 e. The van der Waals surface area contributed by atoms with Gasteiger partial charge < -0.3 is 4.74 Å². The van der Waals surface area contributed by atoms with Crippen LogP contribution in [0.1, 0.15) is 18.2 Å². The van der Waals surface area contributed by atoms with Crippen LogP contribution < -0.4 is 5.32 Å². The van der Waals surface area contributed by atoms with Gasteiger partial charge in [-0.1, -0.05) is 36.4 Å². The van der Waals surface area contributed by atoms with E-state index in [1.54, 1.807) is 13.1 Å². The van der Waals surface area contributed by atoms with Crippen LogP contribution in [0.4, 0.5) is 0 Å². The maximum atomic E-state index is 12.1. The second-order valence-corrected chi connectivity index (χ2v) is 4.67. The minimum absolute atomic E-state index is 0.355. The number of nitrogens with one attached hydrogen (secondary N) is 1. The number of nitrogens with zero attached hydrogens (tertiary/aromatic N) is 1. The number of esters is 1. The van der Waals surface area contributed by atoms with Crippen LogP contribution in [0.5, 0.6) is 0 Å². The summed E-state index contributed by atoms with van der Waals surface area (Å²) in [5.41, 5.74) is 0.771. The van der Waals surface area contributed by atoms with E-state index in [1.807, 2.05) is 48.5 Å². The van der Waals surface area contributed by atoms with Gasteiger partial charge in [-0.2, -0.15) is 0 Å². The van der Waals surface area contributed by atoms with Crippen molar-refractivity contribution in [3.8, 4) is 0 Å². The lowest BCUT2D eigenvalue weighted by molar-refractivity contribution is -0.148. The Labute approximate surface area is 118 Å². The van der Waals surface area contributed by atoms with Crippen LogP contribution in [0.25, 0.3) is 0 Å². The van der Waals surface area contributed by atoms with Gasteiger partial charge in [0.1, 0.15) is 0 Å². The Kier molecular flexibility index (Phi) is 4.48. The van der Waals surface area contributed by atoms with Crippen molar-refractivity contribution in [2.24, 2.45) is 0 Å². The molecular weight excluding hydrogens is 252 g/mol. The zero-order chi connectivity index (χ0) is 14.4. The third-order valence-electron chi connectivity index (χ3n) is 3.26. The van der Waals surface area contributed by atoms with Crippen LogP contribution >= 0.6 is 0 Å². The van der Waals surface area contributed by atoms with E-state index in [0.29, 0.717) is 12.2 Å². The molecule has 1 aromatic heterocycles. The summed E-state index contributed by atoms with van der Waals surface area (Å²) in [4.78, 5) is 16.4. The molecule has 1 unspecified atom stereocenters. The first-order valence-electron chi connectivity index (χ1n) is 6.45. The third kappa shape index (κ3) is 3.03. The van der Waals surface area contributed by atoms with E-state index in [1.165, 1.54) is 7.11 Å². The zero-order valence-electron chi connectivity index (χ0n) is 11.7. The summed E-state index contributed by atoms with van der Waals surface area (Å²) >= 11 is 0. The fraction of sp³-hybridized carbons (Fsp3) is 0.250. The summed E-state index contributed by atoms with van der Waals surface area (Å²) in [7, 11) is 1.38. The van der Waals surface area contributed by atoms with Crippen molar-refractivity contribution in [1.29, 1.82) is 0 Å². The fourth-order valence-electron chi connectivity index (χ4n) is 2.00. The normalized spacial score (nSPS) is 13.5. The highest BCUT2D eigenvalue weighted by atomic mass is 16.5. The van der Waals surface area contributed by atoms with Crippen molar-refractivity contribution >= 4 is 5.97 Å². The monoisotopic (exact) mass is 270 g/mol. The molecule has 2 rings (SSSR count). The molecule has 0 aliphatic rings. The van der Waals surface area contributed by atoms with Gasteiger partial charge in [-0.25, -0.2) is 4.79 Å². The number of carbonyl (C=O) groups excluding carboxylic acids is 1. The van der Waals surface area contributed by atoms with Gasteiger partial charge in [0.2, 0.25) is 0 Å². The Morgan fingerprint density at radius 2 is 1.90 bits per heavy atom. The predicted molar refractivity (Wildman–Crippen MR) is 76.9 cm³/mol. The van der Waals surface area contributed by atoms with Gasteiger partial charge in [0.05, 0.1) is 12.8 Å². The molecule has 0 aliphatic carbocycles. The minimum atomic E-state index is -0.966. The van der Waals surface area contributed by atoms with Crippen molar-refractivity contribution in [3.05, 3.63) is 66.0 Å². The van der Waals surface area contributed by atoms with E-state index in [0.717, 1.165) is 5.56 Å². The third-order valence-corrected chi connectivity index (χ3v) is 3.26. The maximum absolute atomic E-state index is 12.1. The highest BCUT2D eigenvalue weighted by Crippen LogP contribution is 2.20. The fourth-order valence-corrected chi connectivity index (χ4v) is 2.00. The standard InChI is InChI=1S/C16H18N2O2/c1-16(15(19)20-2,14-10-6-7-11-17-14)18-12-13-8-4-3-5-9-13/h3-11,18H,12H2,1-2H3. The van der Waals surface area contributed by atoms with Crippen LogP contribution in [-0.2, 0) is 21.6 Å². The largest absolute Gasteiger partial charge is 0.467 e. The molecule has 0 saturated heterocycles. The van der Waals surface area contributed by atoms with E-state index in [-0.39, 0.29) is 5.97 Å². The Balaban J connectivity index is 2.22. The first-order valence-corrected chi connectivity index (χ1v) is 6.45. The first-order chi connectivity index (χ1) is 9.66. The van der Waals surface area contributed by atoms with Crippen molar-refractivity contribution in [2.45, 2.75) is 19.0 Å². The number of benzene rings is 1. The second-order valence-electron chi connectivity index (χ2n) is 4.67. The summed E-state index contributed by atoms with van der Waals surface area (Å²) < 4.78 is 4.92. The average molecular weight is 270 g/mol. The molecule has 1 N–H and O–H groups in total. The van der Waals surface area contributed by atoms with E-state index >= 15 is 0 Å². The summed E-state index contributed by atoms with van der Waals surface area (Å²) in [5, 5.41) is 3.24. The molecule has 104 valence electrons. The molecule has 1 atom stereocenters. The van der Waals surface area contributed by atoms with E-state index in [9.17, 15) is 4.79 Å². The van der Waals surface area contributed by atoms with E-state index < -0.39 is 5.54 Å². The molecule has 1 aromatic carbocycles. The molecule has 4 heteroatoms. The molecule has 1 heterocycles. The molecule has 0 spiro atoms. The quantitative estimate of drug-likeness (QED) is 0.847. The molecule has 2 aromatic rings.